The Labute approximate surface area is 106 Å². The summed E-state index contributed by atoms with van der Waals surface area (Å²) in [7, 11) is 0. The van der Waals surface area contributed by atoms with Gasteiger partial charge in [0.15, 0.2) is 0 Å². The van der Waals surface area contributed by atoms with Crippen molar-refractivity contribution in [2.24, 2.45) is 0 Å². The van der Waals surface area contributed by atoms with Crippen molar-refractivity contribution in [2.75, 3.05) is 24.6 Å². The Kier molecular flexibility index (Phi) is 3.92. The maximum absolute atomic E-state index is 12.2. The molecule has 1 aliphatic heterocycles. The summed E-state index contributed by atoms with van der Waals surface area (Å²) in [6.45, 7) is 1.01. The van der Waals surface area contributed by atoms with E-state index in [9.17, 15) is 9.90 Å². The number of nitriles is 1. The zero-order valence-corrected chi connectivity index (χ0v) is 9.97. The number of carbonyl (C=O) groups is 1. The predicted molar refractivity (Wildman–Crippen MR) is 67.0 cm³/mol. The van der Waals surface area contributed by atoms with E-state index in [1.54, 1.807) is 29.2 Å². The highest BCUT2D eigenvalue weighted by atomic mass is 16.3. The summed E-state index contributed by atoms with van der Waals surface area (Å²) in [5.74, 6) is -0.183. The second kappa shape index (κ2) is 5.63. The summed E-state index contributed by atoms with van der Waals surface area (Å²) in [6, 6.07) is 8.53. The molecule has 2 N–H and O–H groups in total. The zero-order chi connectivity index (χ0) is 13.0. The molecule has 0 radical (unpaired) electrons. The zero-order valence-electron chi connectivity index (χ0n) is 9.97. The molecule has 5 nitrogen and oxygen atoms in total. The minimum atomic E-state index is -0.584. The summed E-state index contributed by atoms with van der Waals surface area (Å²) in [5.41, 5.74) is 1.09. The van der Waals surface area contributed by atoms with E-state index in [4.69, 9.17) is 5.26 Å². The first kappa shape index (κ1) is 12.6. The second-order valence-electron chi connectivity index (χ2n) is 4.16. The van der Waals surface area contributed by atoms with Gasteiger partial charge in [-0.3, -0.25) is 4.79 Å². The van der Waals surface area contributed by atoms with Gasteiger partial charge in [0.25, 0.3) is 0 Å². The summed E-state index contributed by atoms with van der Waals surface area (Å²) in [5, 5.41) is 21.3. The molecule has 2 rings (SSSR count). The Morgan fingerprint density at radius 3 is 3.00 bits per heavy atom. The number of anilines is 1. The monoisotopic (exact) mass is 245 g/mol. The molecule has 18 heavy (non-hydrogen) atoms. The molecule has 1 aliphatic rings. The fourth-order valence-corrected chi connectivity index (χ4v) is 2.08. The van der Waals surface area contributed by atoms with Gasteiger partial charge >= 0.3 is 0 Å². The van der Waals surface area contributed by atoms with Crippen molar-refractivity contribution >= 4 is 11.6 Å². The fourth-order valence-electron chi connectivity index (χ4n) is 2.08. The van der Waals surface area contributed by atoms with Gasteiger partial charge in [0.05, 0.1) is 17.9 Å². The van der Waals surface area contributed by atoms with Crippen molar-refractivity contribution in [1.29, 1.82) is 5.26 Å². The molecule has 1 fully saturated rings. The standard InChI is InChI=1S/C13H15N3O2/c14-8-10-4-1-2-5-12(10)16-7-3-6-15-11(9-17)13(16)18/h1-2,4-5,11,15,17H,3,6-7,9H2. The molecule has 0 aliphatic carbocycles. The Balaban J connectivity index is 2.36. The fraction of sp³-hybridized carbons (Fsp3) is 0.385. The first-order chi connectivity index (χ1) is 8.77. The lowest BCUT2D eigenvalue weighted by Gasteiger charge is -2.24. The van der Waals surface area contributed by atoms with Crippen LogP contribution < -0.4 is 10.2 Å². The number of nitrogens with one attached hydrogen (secondary N) is 1. The van der Waals surface area contributed by atoms with Gasteiger partial charge in [-0.15, -0.1) is 0 Å². The normalized spacial score (nSPS) is 20.3. The SMILES string of the molecule is N#Cc1ccccc1N1CCCNC(CO)C1=O. The molecule has 1 amide bonds. The maximum atomic E-state index is 12.2. The number of aliphatic hydroxyl groups is 1. The topological polar surface area (TPSA) is 76.4 Å². The van der Waals surface area contributed by atoms with Crippen LogP contribution in [0.3, 0.4) is 0 Å². The Morgan fingerprint density at radius 2 is 2.28 bits per heavy atom. The van der Waals surface area contributed by atoms with Crippen molar-refractivity contribution in [3.63, 3.8) is 0 Å². The average molecular weight is 245 g/mol. The number of benzene rings is 1. The van der Waals surface area contributed by atoms with Gasteiger partial charge in [-0.25, -0.2) is 0 Å². The van der Waals surface area contributed by atoms with Crippen LogP contribution in [0, 0.1) is 11.3 Å². The number of hydrogen-bond acceptors (Lipinski definition) is 4. The molecular formula is C13H15N3O2. The number of aliphatic hydroxyl groups excluding tert-OH is 1. The van der Waals surface area contributed by atoms with Crippen LogP contribution in [-0.4, -0.2) is 36.8 Å². The Morgan fingerprint density at radius 1 is 1.50 bits per heavy atom. The lowest BCUT2D eigenvalue weighted by atomic mass is 10.1. The highest BCUT2D eigenvalue weighted by Gasteiger charge is 2.28. The van der Waals surface area contributed by atoms with E-state index in [2.05, 4.69) is 11.4 Å². The number of carbonyl (C=O) groups excluding carboxylic acids is 1. The third-order valence-electron chi connectivity index (χ3n) is 3.01. The van der Waals surface area contributed by atoms with Gasteiger partial charge < -0.3 is 15.3 Å². The van der Waals surface area contributed by atoms with E-state index >= 15 is 0 Å². The van der Waals surface area contributed by atoms with Crippen LogP contribution in [0.2, 0.25) is 0 Å². The lowest BCUT2D eigenvalue weighted by Crippen LogP contribution is -2.46. The van der Waals surface area contributed by atoms with E-state index in [-0.39, 0.29) is 12.5 Å². The van der Waals surface area contributed by atoms with E-state index in [0.29, 0.717) is 24.3 Å². The van der Waals surface area contributed by atoms with Crippen LogP contribution in [0.5, 0.6) is 0 Å². The van der Waals surface area contributed by atoms with Crippen molar-refractivity contribution < 1.29 is 9.90 Å². The average Bonchev–Trinajstić information content (AvgIpc) is 2.60. The van der Waals surface area contributed by atoms with Crippen molar-refractivity contribution in [3.05, 3.63) is 29.8 Å². The van der Waals surface area contributed by atoms with Crippen molar-refractivity contribution in [2.45, 2.75) is 12.5 Å². The minimum Gasteiger partial charge on any atom is -0.394 e. The lowest BCUT2D eigenvalue weighted by molar-refractivity contribution is -0.121. The summed E-state index contributed by atoms with van der Waals surface area (Å²) >= 11 is 0. The van der Waals surface area contributed by atoms with Crippen LogP contribution in [0.1, 0.15) is 12.0 Å². The van der Waals surface area contributed by atoms with Gasteiger partial charge in [0.1, 0.15) is 12.1 Å². The summed E-state index contributed by atoms with van der Waals surface area (Å²) in [6.07, 6.45) is 0.794. The Bertz CT molecular complexity index is 481. The molecule has 1 unspecified atom stereocenters. The van der Waals surface area contributed by atoms with Gasteiger partial charge in [-0.1, -0.05) is 12.1 Å². The summed E-state index contributed by atoms with van der Waals surface area (Å²) < 4.78 is 0. The van der Waals surface area contributed by atoms with Crippen LogP contribution in [0.25, 0.3) is 0 Å². The van der Waals surface area contributed by atoms with E-state index in [1.807, 2.05) is 0 Å². The molecule has 0 saturated carbocycles. The summed E-state index contributed by atoms with van der Waals surface area (Å²) in [4.78, 5) is 13.8. The largest absolute Gasteiger partial charge is 0.394 e. The second-order valence-corrected chi connectivity index (χ2v) is 4.16. The van der Waals surface area contributed by atoms with Gasteiger partial charge in [0, 0.05) is 6.54 Å². The van der Waals surface area contributed by atoms with Gasteiger partial charge in [-0.2, -0.15) is 5.26 Å². The molecule has 1 aromatic carbocycles. The van der Waals surface area contributed by atoms with Gasteiger partial charge in [-0.05, 0) is 25.1 Å². The number of hydrogen-bond donors (Lipinski definition) is 2. The van der Waals surface area contributed by atoms with E-state index in [0.717, 1.165) is 6.42 Å². The number of nitrogens with zero attached hydrogens (tertiary/aromatic N) is 2. The smallest absolute Gasteiger partial charge is 0.246 e. The highest BCUT2D eigenvalue weighted by molar-refractivity contribution is 5.98. The third-order valence-corrected chi connectivity index (χ3v) is 3.01. The molecule has 94 valence electrons. The maximum Gasteiger partial charge on any atom is 0.246 e. The van der Waals surface area contributed by atoms with Crippen molar-refractivity contribution in [1.82, 2.24) is 5.32 Å². The van der Waals surface area contributed by atoms with Crippen LogP contribution in [0.15, 0.2) is 24.3 Å². The minimum absolute atomic E-state index is 0.183. The van der Waals surface area contributed by atoms with Crippen LogP contribution in [0.4, 0.5) is 5.69 Å². The number of para-hydroxylation sites is 1. The van der Waals surface area contributed by atoms with Crippen molar-refractivity contribution in [3.8, 4) is 6.07 Å². The third kappa shape index (κ3) is 2.35. The first-order valence-electron chi connectivity index (χ1n) is 5.92. The van der Waals surface area contributed by atoms with E-state index < -0.39 is 6.04 Å². The number of rotatable bonds is 2. The molecular weight excluding hydrogens is 230 g/mol. The van der Waals surface area contributed by atoms with Crippen LogP contribution in [-0.2, 0) is 4.79 Å². The highest BCUT2D eigenvalue weighted by Crippen LogP contribution is 2.21. The molecule has 0 spiro atoms. The molecule has 1 saturated heterocycles. The molecule has 0 bridgehead atoms. The molecule has 5 heteroatoms. The molecule has 1 atom stereocenters. The molecule has 0 aromatic heterocycles. The van der Waals surface area contributed by atoms with Crippen LogP contribution >= 0.6 is 0 Å². The first-order valence-corrected chi connectivity index (χ1v) is 5.92. The molecule has 1 aromatic rings. The van der Waals surface area contributed by atoms with Gasteiger partial charge in [0.2, 0.25) is 5.91 Å². The Hall–Kier alpha value is -1.90. The van der Waals surface area contributed by atoms with E-state index in [1.165, 1.54) is 0 Å². The molecule has 1 heterocycles. The predicted octanol–water partition coefficient (Wildman–Crippen LogP) is 0.245. The quantitative estimate of drug-likeness (QED) is 0.783. The number of amides is 1.